The van der Waals surface area contributed by atoms with Gasteiger partial charge in [-0.2, -0.15) is 11.8 Å². The van der Waals surface area contributed by atoms with E-state index >= 15 is 0 Å². The van der Waals surface area contributed by atoms with Crippen LogP contribution in [-0.4, -0.2) is 11.6 Å². The number of unbranched alkanes of at least 4 members (excludes halogenated alkanes) is 1. The maximum absolute atomic E-state index is 5.63. The second-order valence-corrected chi connectivity index (χ2v) is 4.51. The van der Waals surface area contributed by atoms with Gasteiger partial charge in [0, 0.05) is 5.88 Å². The highest BCUT2D eigenvalue weighted by atomic mass is 35.5. The van der Waals surface area contributed by atoms with Crippen molar-refractivity contribution in [2.24, 2.45) is 0 Å². The summed E-state index contributed by atoms with van der Waals surface area (Å²) in [6.07, 6.45) is 2.26. The summed E-state index contributed by atoms with van der Waals surface area (Å²) in [5, 5.41) is 0.469. The standard InChI is InChI=1S/C9H12Cl2OS/c10-5-1-2-6-13-7-8-3-4-9(11)12-8/h3-4H,1-2,5-7H2. The second kappa shape index (κ2) is 6.63. The summed E-state index contributed by atoms with van der Waals surface area (Å²) in [5.41, 5.74) is 0. The van der Waals surface area contributed by atoms with Crippen LogP contribution >= 0.6 is 35.0 Å². The maximum atomic E-state index is 5.63. The van der Waals surface area contributed by atoms with Crippen LogP contribution in [0.2, 0.25) is 5.22 Å². The quantitative estimate of drug-likeness (QED) is 0.545. The van der Waals surface area contributed by atoms with Crippen molar-refractivity contribution in [2.75, 3.05) is 11.6 Å². The van der Waals surface area contributed by atoms with Gasteiger partial charge in [0.25, 0.3) is 0 Å². The highest BCUT2D eigenvalue weighted by Gasteiger charge is 1.98. The predicted octanol–water partition coefficient (Wildman–Crippen LogP) is 4.19. The van der Waals surface area contributed by atoms with Crippen molar-refractivity contribution in [2.45, 2.75) is 18.6 Å². The van der Waals surface area contributed by atoms with Crippen molar-refractivity contribution < 1.29 is 4.42 Å². The van der Waals surface area contributed by atoms with Gasteiger partial charge in [0.05, 0.1) is 5.75 Å². The molecule has 0 aliphatic heterocycles. The van der Waals surface area contributed by atoms with Crippen LogP contribution in [0.1, 0.15) is 18.6 Å². The van der Waals surface area contributed by atoms with E-state index in [4.69, 9.17) is 27.6 Å². The highest BCUT2D eigenvalue weighted by molar-refractivity contribution is 7.98. The molecule has 1 rings (SSSR count). The molecule has 0 amide bonds. The molecule has 0 spiro atoms. The largest absolute Gasteiger partial charge is 0.449 e. The van der Waals surface area contributed by atoms with Crippen LogP contribution in [0.15, 0.2) is 16.5 Å². The summed E-state index contributed by atoms with van der Waals surface area (Å²) < 4.78 is 5.21. The average molecular weight is 239 g/mol. The molecule has 0 unspecified atom stereocenters. The first-order valence-corrected chi connectivity index (χ1v) is 6.27. The smallest absolute Gasteiger partial charge is 0.193 e. The fourth-order valence-electron chi connectivity index (χ4n) is 0.901. The van der Waals surface area contributed by atoms with Crippen LogP contribution in [0.4, 0.5) is 0 Å². The molecule has 0 aliphatic carbocycles. The molecule has 1 aromatic heterocycles. The maximum Gasteiger partial charge on any atom is 0.193 e. The lowest BCUT2D eigenvalue weighted by Crippen LogP contribution is -1.82. The first kappa shape index (κ1) is 11.3. The number of hydrogen-bond donors (Lipinski definition) is 0. The topological polar surface area (TPSA) is 13.1 Å². The summed E-state index contributed by atoms with van der Waals surface area (Å²) in [6.45, 7) is 0. The van der Waals surface area contributed by atoms with Crippen LogP contribution in [0, 0.1) is 0 Å². The molecule has 0 bridgehead atoms. The van der Waals surface area contributed by atoms with Gasteiger partial charge in [-0.1, -0.05) is 0 Å². The van der Waals surface area contributed by atoms with Gasteiger partial charge >= 0.3 is 0 Å². The molecule has 0 radical (unpaired) electrons. The minimum absolute atomic E-state index is 0.469. The molecule has 4 heteroatoms. The number of alkyl halides is 1. The molecule has 0 atom stereocenters. The fraction of sp³-hybridized carbons (Fsp3) is 0.556. The first-order valence-electron chi connectivity index (χ1n) is 4.21. The summed E-state index contributed by atoms with van der Waals surface area (Å²) in [6, 6.07) is 3.69. The normalized spacial score (nSPS) is 10.6. The van der Waals surface area contributed by atoms with Gasteiger partial charge in [-0.3, -0.25) is 0 Å². The van der Waals surface area contributed by atoms with Gasteiger partial charge in [0.1, 0.15) is 5.76 Å². The molecule has 13 heavy (non-hydrogen) atoms. The van der Waals surface area contributed by atoms with Gasteiger partial charge in [0.15, 0.2) is 5.22 Å². The van der Waals surface area contributed by atoms with Crippen LogP contribution in [-0.2, 0) is 5.75 Å². The monoisotopic (exact) mass is 238 g/mol. The summed E-state index contributed by atoms with van der Waals surface area (Å²) >= 11 is 13.0. The zero-order valence-corrected chi connectivity index (χ0v) is 9.59. The van der Waals surface area contributed by atoms with Gasteiger partial charge < -0.3 is 4.42 Å². The Balaban J connectivity index is 2.06. The van der Waals surface area contributed by atoms with E-state index in [1.54, 1.807) is 6.07 Å². The number of halogens is 2. The first-order chi connectivity index (χ1) is 6.33. The van der Waals surface area contributed by atoms with Crippen molar-refractivity contribution in [3.05, 3.63) is 23.1 Å². The van der Waals surface area contributed by atoms with Crippen molar-refractivity contribution in [3.8, 4) is 0 Å². The highest BCUT2D eigenvalue weighted by Crippen LogP contribution is 2.19. The average Bonchev–Trinajstić information content (AvgIpc) is 2.51. The molecule has 1 nitrogen and oxygen atoms in total. The summed E-state index contributed by atoms with van der Waals surface area (Å²) in [7, 11) is 0. The van der Waals surface area contributed by atoms with E-state index in [1.807, 2.05) is 17.8 Å². The third-order valence-corrected chi connectivity index (χ3v) is 3.08. The Morgan fingerprint density at radius 1 is 1.31 bits per heavy atom. The van der Waals surface area contributed by atoms with Crippen molar-refractivity contribution in [1.82, 2.24) is 0 Å². The molecule has 0 fully saturated rings. The predicted molar refractivity (Wildman–Crippen MR) is 59.8 cm³/mol. The Morgan fingerprint density at radius 2 is 2.15 bits per heavy atom. The van der Waals surface area contributed by atoms with Crippen molar-refractivity contribution in [1.29, 1.82) is 0 Å². The third-order valence-electron chi connectivity index (χ3n) is 1.55. The lowest BCUT2D eigenvalue weighted by Gasteiger charge is -1.97. The molecule has 0 saturated heterocycles. The number of thioether (sulfide) groups is 1. The van der Waals surface area contributed by atoms with E-state index in [0.29, 0.717) is 5.22 Å². The lowest BCUT2D eigenvalue weighted by molar-refractivity contribution is 0.532. The van der Waals surface area contributed by atoms with Crippen LogP contribution in [0.25, 0.3) is 0 Å². The Kier molecular flexibility index (Phi) is 5.76. The zero-order valence-electron chi connectivity index (χ0n) is 7.26. The van der Waals surface area contributed by atoms with Crippen LogP contribution < -0.4 is 0 Å². The third kappa shape index (κ3) is 4.84. The Bertz CT molecular complexity index is 237. The molecule has 0 saturated carbocycles. The van der Waals surface area contributed by atoms with E-state index in [1.165, 1.54) is 6.42 Å². The lowest BCUT2D eigenvalue weighted by atomic mass is 10.4. The Labute approximate surface area is 92.8 Å². The minimum atomic E-state index is 0.469. The van der Waals surface area contributed by atoms with E-state index in [2.05, 4.69) is 0 Å². The SMILES string of the molecule is ClCCCCSCc1ccc(Cl)o1. The van der Waals surface area contributed by atoms with Crippen LogP contribution in [0.3, 0.4) is 0 Å². The summed E-state index contributed by atoms with van der Waals surface area (Å²) in [5.74, 6) is 3.73. The van der Waals surface area contributed by atoms with E-state index < -0.39 is 0 Å². The Morgan fingerprint density at radius 3 is 2.77 bits per heavy atom. The Hall–Kier alpha value is 0.210. The molecule has 0 N–H and O–H groups in total. The number of hydrogen-bond acceptors (Lipinski definition) is 2. The van der Waals surface area contributed by atoms with E-state index in [9.17, 15) is 0 Å². The van der Waals surface area contributed by atoms with Crippen LogP contribution in [0.5, 0.6) is 0 Å². The molecule has 0 aromatic carbocycles. The molecule has 74 valence electrons. The zero-order chi connectivity index (χ0) is 9.52. The van der Waals surface area contributed by atoms with Gasteiger partial charge in [-0.05, 0) is 42.3 Å². The van der Waals surface area contributed by atoms with Gasteiger partial charge in [-0.25, -0.2) is 0 Å². The van der Waals surface area contributed by atoms with Gasteiger partial charge in [-0.15, -0.1) is 11.6 Å². The number of furan rings is 1. The molecular formula is C9H12Cl2OS. The number of rotatable bonds is 6. The molecule has 1 heterocycles. The summed E-state index contributed by atoms with van der Waals surface area (Å²) in [4.78, 5) is 0. The van der Waals surface area contributed by atoms with E-state index in [-0.39, 0.29) is 0 Å². The van der Waals surface area contributed by atoms with Crippen molar-refractivity contribution >= 4 is 35.0 Å². The minimum Gasteiger partial charge on any atom is -0.449 e. The molecule has 0 aliphatic rings. The second-order valence-electron chi connectivity index (χ2n) is 2.65. The fourth-order valence-corrected chi connectivity index (χ4v) is 2.16. The van der Waals surface area contributed by atoms with Gasteiger partial charge in [0.2, 0.25) is 0 Å². The molecule has 1 aromatic rings. The van der Waals surface area contributed by atoms with E-state index in [0.717, 1.165) is 29.6 Å². The van der Waals surface area contributed by atoms with Crippen molar-refractivity contribution in [3.63, 3.8) is 0 Å². The molecular weight excluding hydrogens is 227 g/mol.